The molecule has 0 atom stereocenters. The van der Waals surface area contributed by atoms with Gasteiger partial charge < -0.3 is 10.0 Å². The smallest absolute Gasteiger partial charge is 0.422 e. The Morgan fingerprint density at radius 3 is 2.73 bits per heavy atom. The van der Waals surface area contributed by atoms with Crippen molar-refractivity contribution in [3.63, 3.8) is 0 Å². The highest BCUT2D eigenvalue weighted by atomic mass is 16.4. The second-order valence-corrected chi connectivity index (χ2v) is 1.97. The van der Waals surface area contributed by atoms with E-state index >= 15 is 0 Å². The first-order valence-corrected chi connectivity index (χ1v) is 3.02. The van der Waals surface area contributed by atoms with Crippen LogP contribution in [0.2, 0.25) is 0 Å². The summed E-state index contributed by atoms with van der Waals surface area (Å²) in [5, 5.41) is 17.3. The maximum atomic E-state index is 10.3. The normalized spacial score (nSPS) is 9.27. The summed E-state index contributed by atoms with van der Waals surface area (Å²) >= 11 is 0. The van der Waals surface area contributed by atoms with Gasteiger partial charge in [0.2, 0.25) is 0 Å². The lowest BCUT2D eigenvalue weighted by molar-refractivity contribution is 0.112. The van der Waals surface area contributed by atoms with E-state index in [2.05, 4.69) is 4.98 Å². The van der Waals surface area contributed by atoms with E-state index in [9.17, 15) is 4.79 Å². The van der Waals surface area contributed by atoms with Crippen molar-refractivity contribution in [2.45, 2.75) is 0 Å². The van der Waals surface area contributed by atoms with E-state index in [0.717, 1.165) is 0 Å². The van der Waals surface area contributed by atoms with Crippen molar-refractivity contribution in [3.05, 3.63) is 23.9 Å². The van der Waals surface area contributed by atoms with Gasteiger partial charge in [-0.2, -0.15) is 0 Å². The maximum Gasteiger partial charge on any atom is 0.508 e. The molecular formula is C6H6BNO3. The van der Waals surface area contributed by atoms with Crippen LogP contribution in [0.15, 0.2) is 18.3 Å². The quantitative estimate of drug-likeness (QED) is 0.401. The van der Waals surface area contributed by atoms with Crippen LogP contribution in [0, 0.1) is 0 Å². The lowest BCUT2D eigenvalue weighted by atomic mass is 9.82. The number of pyridine rings is 1. The van der Waals surface area contributed by atoms with E-state index in [0.29, 0.717) is 6.29 Å². The highest BCUT2D eigenvalue weighted by Gasteiger charge is 2.16. The molecule has 11 heavy (non-hydrogen) atoms. The van der Waals surface area contributed by atoms with Crippen LogP contribution in [-0.4, -0.2) is 28.4 Å². The van der Waals surface area contributed by atoms with Crippen molar-refractivity contribution in [2.75, 3.05) is 0 Å². The summed E-state index contributed by atoms with van der Waals surface area (Å²) in [6.07, 6.45) is 1.92. The first-order valence-electron chi connectivity index (χ1n) is 3.02. The molecule has 1 heterocycles. The summed E-state index contributed by atoms with van der Waals surface area (Å²) in [7, 11) is -1.68. The topological polar surface area (TPSA) is 70.4 Å². The standard InChI is InChI=1S/C6H6BNO3/c9-4-5-2-1-3-8-6(5)7(10)11/h1-4,10-11H. The number of carbonyl (C=O) groups excluding carboxylic acids is 1. The summed E-state index contributed by atoms with van der Waals surface area (Å²) in [5.74, 6) is 0. The van der Waals surface area contributed by atoms with Crippen LogP contribution < -0.4 is 5.59 Å². The summed E-state index contributed by atoms with van der Waals surface area (Å²) in [4.78, 5) is 13.9. The van der Waals surface area contributed by atoms with Gasteiger partial charge in [0.1, 0.15) is 0 Å². The zero-order valence-corrected chi connectivity index (χ0v) is 5.64. The Labute approximate surface area is 63.7 Å². The van der Waals surface area contributed by atoms with Gasteiger partial charge in [-0.25, -0.2) is 0 Å². The van der Waals surface area contributed by atoms with Crippen molar-refractivity contribution >= 4 is 19.0 Å². The van der Waals surface area contributed by atoms with E-state index in [1.54, 1.807) is 6.07 Å². The molecule has 0 spiro atoms. The molecule has 0 aliphatic heterocycles. The van der Waals surface area contributed by atoms with Gasteiger partial charge in [0.25, 0.3) is 0 Å². The average molecular weight is 151 g/mol. The molecule has 0 aliphatic carbocycles. The molecule has 5 heteroatoms. The summed E-state index contributed by atoms with van der Waals surface area (Å²) in [6.45, 7) is 0. The van der Waals surface area contributed by atoms with Gasteiger partial charge in [-0.15, -0.1) is 0 Å². The largest absolute Gasteiger partial charge is 0.508 e. The molecule has 0 saturated carbocycles. The molecule has 0 bridgehead atoms. The monoisotopic (exact) mass is 151 g/mol. The van der Waals surface area contributed by atoms with Gasteiger partial charge in [-0.05, 0) is 12.1 Å². The first kappa shape index (κ1) is 7.91. The molecule has 0 aliphatic rings. The number of rotatable bonds is 2. The number of carbonyl (C=O) groups is 1. The molecule has 1 rings (SSSR count). The average Bonchev–Trinajstić information content (AvgIpc) is 2.04. The van der Waals surface area contributed by atoms with Gasteiger partial charge in [0, 0.05) is 11.8 Å². The van der Waals surface area contributed by atoms with Crippen molar-refractivity contribution in [3.8, 4) is 0 Å². The molecule has 0 fully saturated rings. The number of hydrogen-bond donors (Lipinski definition) is 2. The van der Waals surface area contributed by atoms with Crippen LogP contribution in [0.1, 0.15) is 10.4 Å². The Bertz CT molecular complexity index is 264. The molecule has 0 amide bonds. The highest BCUT2D eigenvalue weighted by molar-refractivity contribution is 6.58. The minimum absolute atomic E-state index is 0.0116. The van der Waals surface area contributed by atoms with Gasteiger partial charge in [-0.1, -0.05) is 0 Å². The Morgan fingerprint density at radius 2 is 2.27 bits per heavy atom. The number of aldehydes is 1. The predicted molar refractivity (Wildman–Crippen MR) is 39.5 cm³/mol. The van der Waals surface area contributed by atoms with Crippen LogP contribution >= 0.6 is 0 Å². The molecule has 0 radical (unpaired) electrons. The third-order valence-electron chi connectivity index (χ3n) is 1.24. The summed E-state index contributed by atoms with van der Waals surface area (Å²) < 4.78 is 0. The Balaban J connectivity index is 3.12. The summed E-state index contributed by atoms with van der Waals surface area (Å²) in [6, 6.07) is 3.02. The Kier molecular flexibility index (Phi) is 2.35. The van der Waals surface area contributed by atoms with Gasteiger partial charge in [0.05, 0.1) is 5.59 Å². The fraction of sp³-hybridized carbons (Fsp3) is 0. The van der Waals surface area contributed by atoms with E-state index in [1.165, 1.54) is 12.3 Å². The molecule has 2 N–H and O–H groups in total. The molecule has 0 unspecified atom stereocenters. The van der Waals surface area contributed by atoms with Gasteiger partial charge in [0.15, 0.2) is 6.29 Å². The second-order valence-electron chi connectivity index (χ2n) is 1.97. The lowest BCUT2D eigenvalue weighted by Gasteiger charge is -1.99. The van der Waals surface area contributed by atoms with E-state index < -0.39 is 7.12 Å². The van der Waals surface area contributed by atoms with E-state index in [4.69, 9.17) is 10.0 Å². The molecular weight excluding hydrogens is 145 g/mol. The second kappa shape index (κ2) is 3.27. The van der Waals surface area contributed by atoms with E-state index in [-0.39, 0.29) is 11.2 Å². The van der Waals surface area contributed by atoms with Crippen LogP contribution in [0.3, 0.4) is 0 Å². The minimum Gasteiger partial charge on any atom is -0.422 e. The molecule has 1 aromatic rings. The highest BCUT2D eigenvalue weighted by Crippen LogP contribution is 1.88. The lowest BCUT2D eigenvalue weighted by Crippen LogP contribution is -2.35. The molecule has 0 saturated heterocycles. The zero-order chi connectivity index (χ0) is 8.27. The van der Waals surface area contributed by atoms with Crippen molar-refractivity contribution in [1.29, 1.82) is 0 Å². The van der Waals surface area contributed by atoms with Gasteiger partial charge in [-0.3, -0.25) is 9.78 Å². The molecule has 56 valence electrons. The van der Waals surface area contributed by atoms with Crippen molar-refractivity contribution in [2.24, 2.45) is 0 Å². The number of hydrogen-bond acceptors (Lipinski definition) is 4. The molecule has 4 nitrogen and oxygen atoms in total. The van der Waals surface area contributed by atoms with Crippen LogP contribution in [0.4, 0.5) is 0 Å². The Morgan fingerprint density at radius 1 is 1.55 bits per heavy atom. The van der Waals surface area contributed by atoms with E-state index in [1.807, 2.05) is 0 Å². The first-order chi connectivity index (χ1) is 5.25. The fourth-order valence-electron chi connectivity index (χ4n) is 0.745. The molecule has 0 aromatic carbocycles. The van der Waals surface area contributed by atoms with Crippen LogP contribution in [0.5, 0.6) is 0 Å². The number of aromatic nitrogens is 1. The maximum absolute atomic E-state index is 10.3. The Hall–Kier alpha value is -1.20. The minimum atomic E-state index is -1.68. The van der Waals surface area contributed by atoms with Crippen LogP contribution in [-0.2, 0) is 0 Å². The van der Waals surface area contributed by atoms with Crippen molar-refractivity contribution < 1.29 is 14.8 Å². The van der Waals surface area contributed by atoms with Gasteiger partial charge >= 0.3 is 7.12 Å². The SMILES string of the molecule is O=Cc1cccnc1B(O)O. The number of nitrogens with zero attached hydrogens (tertiary/aromatic N) is 1. The third-order valence-corrected chi connectivity index (χ3v) is 1.24. The van der Waals surface area contributed by atoms with Crippen LogP contribution in [0.25, 0.3) is 0 Å². The third kappa shape index (κ3) is 1.63. The predicted octanol–water partition coefficient (Wildman–Crippen LogP) is -1.43. The summed E-state index contributed by atoms with van der Waals surface area (Å²) in [5.41, 5.74) is 0.185. The van der Waals surface area contributed by atoms with Crippen molar-refractivity contribution in [1.82, 2.24) is 4.98 Å². The fourth-order valence-corrected chi connectivity index (χ4v) is 0.745. The zero-order valence-electron chi connectivity index (χ0n) is 5.64. The molecule has 1 aromatic heterocycles.